The van der Waals surface area contributed by atoms with Gasteiger partial charge < -0.3 is 4.90 Å². The lowest BCUT2D eigenvalue weighted by Gasteiger charge is -2.31. The van der Waals surface area contributed by atoms with Gasteiger partial charge in [0.15, 0.2) is 0 Å². The lowest BCUT2D eigenvalue weighted by Crippen LogP contribution is -2.35. The third-order valence-electron chi connectivity index (χ3n) is 5.01. The number of aromatic nitrogens is 4. The molecular weight excluding hydrogens is 286 g/mol. The molecule has 0 N–H and O–H groups in total. The van der Waals surface area contributed by atoms with Crippen molar-refractivity contribution in [2.75, 3.05) is 19.6 Å². The summed E-state index contributed by atoms with van der Waals surface area (Å²) in [4.78, 5) is 7.26. The highest BCUT2D eigenvalue weighted by Crippen LogP contribution is 2.29. The van der Waals surface area contributed by atoms with Crippen molar-refractivity contribution >= 4 is 0 Å². The lowest BCUT2D eigenvalue weighted by atomic mass is 9.97. The summed E-state index contributed by atoms with van der Waals surface area (Å²) < 4.78 is 4.42. The molecule has 5 heteroatoms. The summed E-state index contributed by atoms with van der Waals surface area (Å²) in [5, 5.41) is 4.73. The molecule has 0 radical (unpaired) electrons. The van der Waals surface area contributed by atoms with Gasteiger partial charge >= 0.3 is 0 Å². The molecule has 2 aromatic heterocycles. The fraction of sp³-hybridized carbons (Fsp3) is 0.667. The van der Waals surface area contributed by atoms with Gasteiger partial charge in [-0.1, -0.05) is 13.8 Å². The molecule has 1 fully saturated rings. The maximum absolute atomic E-state index is 4.73. The minimum atomic E-state index is 0.520. The molecule has 1 unspecified atom stereocenters. The Hall–Kier alpha value is -1.62. The summed E-state index contributed by atoms with van der Waals surface area (Å²) in [6.07, 6.45) is 7.64. The second kappa shape index (κ2) is 6.87. The molecule has 1 aliphatic rings. The molecule has 0 bridgehead atoms. The average Bonchev–Trinajstić information content (AvgIpc) is 3.13. The first-order valence-corrected chi connectivity index (χ1v) is 8.95. The Labute approximate surface area is 139 Å². The van der Waals surface area contributed by atoms with Gasteiger partial charge in [0.05, 0.1) is 17.1 Å². The van der Waals surface area contributed by atoms with Crippen molar-refractivity contribution in [1.29, 1.82) is 0 Å². The molecule has 23 heavy (non-hydrogen) atoms. The van der Waals surface area contributed by atoms with Crippen LogP contribution in [0.25, 0.3) is 5.69 Å². The topological polar surface area (TPSA) is 38.9 Å². The fourth-order valence-electron chi connectivity index (χ4n) is 3.83. The van der Waals surface area contributed by atoms with Crippen LogP contribution in [0.4, 0.5) is 0 Å². The molecule has 1 aliphatic heterocycles. The van der Waals surface area contributed by atoms with Crippen molar-refractivity contribution in [2.24, 2.45) is 0 Å². The monoisotopic (exact) mass is 315 g/mol. The number of piperidine rings is 1. The van der Waals surface area contributed by atoms with Crippen LogP contribution in [0.15, 0.2) is 12.4 Å². The number of rotatable bonds is 5. The molecular formula is C18H29N5. The van der Waals surface area contributed by atoms with E-state index in [-0.39, 0.29) is 0 Å². The van der Waals surface area contributed by atoms with Crippen LogP contribution in [0.3, 0.4) is 0 Å². The summed E-state index contributed by atoms with van der Waals surface area (Å²) >= 11 is 0. The fourth-order valence-corrected chi connectivity index (χ4v) is 3.83. The first kappa shape index (κ1) is 16.2. The summed E-state index contributed by atoms with van der Waals surface area (Å²) in [6, 6.07) is 0. The normalized spacial score (nSPS) is 19.4. The predicted molar refractivity (Wildman–Crippen MR) is 93.2 cm³/mol. The maximum atomic E-state index is 4.73. The minimum absolute atomic E-state index is 0.520. The Morgan fingerprint density at radius 2 is 2.09 bits per heavy atom. The molecule has 0 spiro atoms. The van der Waals surface area contributed by atoms with Gasteiger partial charge in [-0.15, -0.1) is 0 Å². The van der Waals surface area contributed by atoms with Crippen LogP contribution < -0.4 is 0 Å². The molecule has 0 amide bonds. The Morgan fingerprint density at radius 1 is 1.26 bits per heavy atom. The van der Waals surface area contributed by atoms with Crippen LogP contribution in [0.5, 0.6) is 0 Å². The molecule has 126 valence electrons. The zero-order chi connectivity index (χ0) is 16.4. The zero-order valence-corrected chi connectivity index (χ0v) is 14.9. The summed E-state index contributed by atoms with van der Waals surface area (Å²) in [7, 11) is 0. The number of hydrogen-bond acceptors (Lipinski definition) is 3. The number of likely N-dealkylation sites (N-methyl/N-ethyl adjacent to an activating group) is 1. The van der Waals surface area contributed by atoms with Gasteiger partial charge in [0.25, 0.3) is 0 Å². The van der Waals surface area contributed by atoms with Crippen molar-refractivity contribution in [1.82, 2.24) is 24.2 Å². The Morgan fingerprint density at radius 3 is 2.83 bits per heavy atom. The SMILES string of the molecule is CCCn1nc(C)c(-n2ccnc2C2CCCN(CC)C2)c1C. The highest BCUT2D eigenvalue weighted by Gasteiger charge is 2.26. The largest absolute Gasteiger partial charge is 0.303 e. The number of aryl methyl sites for hydroxylation is 2. The quantitative estimate of drug-likeness (QED) is 0.850. The second-order valence-corrected chi connectivity index (χ2v) is 6.63. The van der Waals surface area contributed by atoms with Crippen molar-refractivity contribution in [3.05, 3.63) is 29.6 Å². The molecule has 3 rings (SSSR count). The van der Waals surface area contributed by atoms with Crippen LogP contribution in [0, 0.1) is 13.8 Å². The minimum Gasteiger partial charge on any atom is -0.303 e. The van der Waals surface area contributed by atoms with E-state index in [2.05, 4.69) is 48.0 Å². The van der Waals surface area contributed by atoms with Crippen molar-refractivity contribution in [3.8, 4) is 5.69 Å². The number of nitrogens with zero attached hydrogens (tertiary/aromatic N) is 5. The van der Waals surface area contributed by atoms with Gasteiger partial charge in [-0.2, -0.15) is 5.10 Å². The van der Waals surface area contributed by atoms with E-state index in [0.29, 0.717) is 5.92 Å². The Bertz CT molecular complexity index is 654. The highest BCUT2D eigenvalue weighted by atomic mass is 15.3. The Kier molecular flexibility index (Phi) is 4.85. The van der Waals surface area contributed by atoms with Crippen molar-refractivity contribution in [2.45, 2.75) is 59.4 Å². The van der Waals surface area contributed by atoms with Gasteiger partial charge in [0, 0.05) is 31.4 Å². The van der Waals surface area contributed by atoms with E-state index < -0.39 is 0 Å². The van der Waals surface area contributed by atoms with Gasteiger partial charge in [-0.05, 0) is 46.2 Å². The first-order valence-electron chi connectivity index (χ1n) is 8.95. The zero-order valence-electron chi connectivity index (χ0n) is 14.9. The molecule has 0 saturated carbocycles. The van der Waals surface area contributed by atoms with E-state index in [1.54, 1.807) is 0 Å². The van der Waals surface area contributed by atoms with E-state index in [1.165, 1.54) is 36.6 Å². The third-order valence-corrected chi connectivity index (χ3v) is 5.01. The van der Waals surface area contributed by atoms with Crippen LogP contribution >= 0.6 is 0 Å². The smallest absolute Gasteiger partial charge is 0.117 e. The molecule has 2 aromatic rings. The summed E-state index contributed by atoms with van der Waals surface area (Å²) in [6.45, 7) is 13.2. The molecule has 5 nitrogen and oxygen atoms in total. The van der Waals surface area contributed by atoms with E-state index in [9.17, 15) is 0 Å². The molecule has 1 atom stereocenters. The summed E-state index contributed by atoms with van der Waals surface area (Å²) in [5.41, 5.74) is 3.56. The van der Waals surface area contributed by atoms with Crippen LogP contribution in [0.1, 0.15) is 56.2 Å². The number of likely N-dealkylation sites (tertiary alicyclic amines) is 1. The summed E-state index contributed by atoms with van der Waals surface area (Å²) in [5.74, 6) is 1.72. The number of hydrogen-bond donors (Lipinski definition) is 0. The second-order valence-electron chi connectivity index (χ2n) is 6.63. The van der Waals surface area contributed by atoms with Crippen LogP contribution in [0.2, 0.25) is 0 Å². The first-order chi connectivity index (χ1) is 11.2. The lowest BCUT2D eigenvalue weighted by molar-refractivity contribution is 0.213. The van der Waals surface area contributed by atoms with Crippen LogP contribution in [-0.4, -0.2) is 43.9 Å². The van der Waals surface area contributed by atoms with Gasteiger partial charge in [-0.3, -0.25) is 9.25 Å². The predicted octanol–water partition coefficient (Wildman–Crippen LogP) is 3.29. The average molecular weight is 315 g/mol. The molecule has 3 heterocycles. The standard InChI is InChI=1S/C18H29N5/c1-5-10-23-15(4)17(14(3)20-23)22-12-9-19-18(22)16-8-7-11-21(6-2)13-16/h9,12,16H,5-8,10-11,13H2,1-4H3. The highest BCUT2D eigenvalue weighted by molar-refractivity contribution is 5.42. The van der Waals surface area contributed by atoms with Gasteiger partial charge in [0.2, 0.25) is 0 Å². The van der Waals surface area contributed by atoms with E-state index in [0.717, 1.165) is 31.7 Å². The number of imidazole rings is 1. The third kappa shape index (κ3) is 3.07. The van der Waals surface area contributed by atoms with E-state index in [1.807, 2.05) is 6.20 Å². The van der Waals surface area contributed by atoms with E-state index >= 15 is 0 Å². The maximum Gasteiger partial charge on any atom is 0.117 e. The van der Waals surface area contributed by atoms with E-state index in [4.69, 9.17) is 10.1 Å². The molecule has 0 aromatic carbocycles. The van der Waals surface area contributed by atoms with Crippen molar-refractivity contribution in [3.63, 3.8) is 0 Å². The van der Waals surface area contributed by atoms with Gasteiger partial charge in [-0.25, -0.2) is 4.98 Å². The van der Waals surface area contributed by atoms with Gasteiger partial charge in [0.1, 0.15) is 5.82 Å². The Balaban J connectivity index is 1.95. The molecule has 0 aliphatic carbocycles. The molecule has 1 saturated heterocycles. The van der Waals surface area contributed by atoms with Crippen LogP contribution in [-0.2, 0) is 6.54 Å². The van der Waals surface area contributed by atoms with Crippen molar-refractivity contribution < 1.29 is 0 Å².